The molecule has 0 saturated heterocycles. The molecule has 0 spiro atoms. The van der Waals surface area contributed by atoms with E-state index in [1.807, 2.05) is 0 Å². The number of carbonyl (C=O) groups excluding carboxylic acids is 3. The Labute approximate surface area is 152 Å². The monoisotopic (exact) mass is 362 g/mol. The average molecular weight is 362 g/mol. The second-order valence-corrected chi connectivity index (χ2v) is 5.94. The van der Waals surface area contributed by atoms with E-state index in [2.05, 4.69) is 0 Å². The number of fused-ring (bicyclic) bond motifs is 2. The molecule has 4 rings (SSSR count). The summed E-state index contributed by atoms with van der Waals surface area (Å²) in [6, 6.07) is 13.5. The van der Waals surface area contributed by atoms with Gasteiger partial charge >= 0.3 is 5.97 Å². The number of rotatable bonds is 2. The van der Waals surface area contributed by atoms with Gasteiger partial charge in [-0.15, -0.1) is 0 Å². The fourth-order valence-corrected chi connectivity index (χ4v) is 2.98. The zero-order valence-corrected chi connectivity index (χ0v) is 13.7. The summed E-state index contributed by atoms with van der Waals surface area (Å²) < 4.78 is 18.1. The summed E-state index contributed by atoms with van der Waals surface area (Å²) in [4.78, 5) is 37.5. The molecule has 132 valence electrons. The second kappa shape index (κ2) is 6.17. The number of ether oxygens (including phenoxy) is 1. The third-order valence-electron chi connectivity index (χ3n) is 4.31. The number of halogens is 1. The van der Waals surface area contributed by atoms with E-state index in [9.17, 15) is 23.9 Å². The molecule has 0 radical (unpaired) electrons. The topological polar surface area (TPSA) is 80.7 Å². The van der Waals surface area contributed by atoms with Gasteiger partial charge in [0.1, 0.15) is 5.82 Å². The minimum absolute atomic E-state index is 0.0396. The van der Waals surface area contributed by atoms with Gasteiger partial charge in [0.05, 0.1) is 11.1 Å². The number of aromatic hydroxyl groups is 1. The van der Waals surface area contributed by atoms with E-state index in [-0.39, 0.29) is 33.6 Å². The molecule has 0 amide bonds. The van der Waals surface area contributed by atoms with Gasteiger partial charge < -0.3 is 9.84 Å². The fraction of sp³-hybridized carbons (Fsp3) is 0. The van der Waals surface area contributed by atoms with Crippen molar-refractivity contribution >= 4 is 17.5 Å². The number of hydrogen-bond donors (Lipinski definition) is 1. The van der Waals surface area contributed by atoms with Crippen LogP contribution < -0.4 is 4.74 Å². The van der Waals surface area contributed by atoms with Crippen molar-refractivity contribution in [1.29, 1.82) is 0 Å². The molecule has 0 bridgehead atoms. The number of carbonyl (C=O) groups is 3. The molecule has 0 heterocycles. The lowest BCUT2D eigenvalue weighted by molar-refractivity contribution is 0.0728. The Bertz CT molecular complexity index is 1120. The molecule has 0 aliphatic heterocycles. The van der Waals surface area contributed by atoms with Crippen LogP contribution in [0.2, 0.25) is 0 Å². The molecule has 0 atom stereocenters. The Morgan fingerprint density at radius 1 is 0.815 bits per heavy atom. The van der Waals surface area contributed by atoms with Crippen molar-refractivity contribution in [2.45, 2.75) is 0 Å². The maximum absolute atomic E-state index is 13.0. The van der Waals surface area contributed by atoms with Crippen molar-refractivity contribution < 1.29 is 28.6 Å². The van der Waals surface area contributed by atoms with Gasteiger partial charge in [-0.05, 0) is 36.4 Å². The van der Waals surface area contributed by atoms with Crippen LogP contribution in [-0.4, -0.2) is 22.6 Å². The molecule has 3 aromatic rings. The minimum atomic E-state index is -0.833. The Morgan fingerprint density at radius 3 is 2.11 bits per heavy atom. The highest BCUT2D eigenvalue weighted by Crippen LogP contribution is 2.38. The number of phenolic OH excluding ortho intramolecular Hbond substituents is 1. The van der Waals surface area contributed by atoms with Crippen molar-refractivity contribution in [1.82, 2.24) is 0 Å². The lowest BCUT2D eigenvalue weighted by Gasteiger charge is -2.19. The average Bonchev–Trinajstić information content (AvgIpc) is 2.68. The van der Waals surface area contributed by atoms with Gasteiger partial charge in [0.25, 0.3) is 0 Å². The maximum atomic E-state index is 13.0. The van der Waals surface area contributed by atoms with Crippen LogP contribution in [0.5, 0.6) is 11.5 Å². The third kappa shape index (κ3) is 2.67. The number of hydrogen-bond acceptors (Lipinski definition) is 5. The standard InChI is InChI=1S/C21H11FO5/c22-12-7-5-11(6-8-12)21(26)27-16-10-9-15-17(20(16)25)19(24)14-4-2-1-3-13(14)18(15)23/h1-10,25H. The number of esters is 1. The summed E-state index contributed by atoms with van der Waals surface area (Å²) in [6.45, 7) is 0. The number of phenols is 1. The second-order valence-electron chi connectivity index (χ2n) is 5.94. The zero-order valence-electron chi connectivity index (χ0n) is 13.7. The summed E-state index contributed by atoms with van der Waals surface area (Å²) >= 11 is 0. The first-order valence-corrected chi connectivity index (χ1v) is 7.99. The lowest BCUT2D eigenvalue weighted by atomic mass is 9.83. The van der Waals surface area contributed by atoms with Gasteiger partial charge in [-0.25, -0.2) is 9.18 Å². The quantitative estimate of drug-likeness (QED) is 0.436. The summed E-state index contributed by atoms with van der Waals surface area (Å²) in [5, 5.41) is 10.5. The Balaban J connectivity index is 1.74. The van der Waals surface area contributed by atoms with Crippen LogP contribution in [0.4, 0.5) is 4.39 Å². The van der Waals surface area contributed by atoms with Crippen molar-refractivity contribution in [3.05, 3.63) is 94.3 Å². The van der Waals surface area contributed by atoms with E-state index in [4.69, 9.17) is 4.74 Å². The van der Waals surface area contributed by atoms with Crippen LogP contribution in [0.15, 0.2) is 60.7 Å². The highest BCUT2D eigenvalue weighted by molar-refractivity contribution is 6.29. The van der Waals surface area contributed by atoms with E-state index >= 15 is 0 Å². The molecular formula is C21H11FO5. The van der Waals surface area contributed by atoms with Crippen LogP contribution in [0.3, 0.4) is 0 Å². The fourth-order valence-electron chi connectivity index (χ4n) is 2.98. The zero-order chi connectivity index (χ0) is 19.1. The van der Waals surface area contributed by atoms with Crippen molar-refractivity contribution in [3.63, 3.8) is 0 Å². The normalized spacial score (nSPS) is 12.3. The van der Waals surface area contributed by atoms with Crippen molar-refractivity contribution in [3.8, 4) is 11.5 Å². The Hall–Kier alpha value is -3.80. The van der Waals surface area contributed by atoms with Gasteiger partial charge in [0, 0.05) is 16.7 Å². The molecule has 1 aliphatic carbocycles. The van der Waals surface area contributed by atoms with Gasteiger partial charge in [-0.3, -0.25) is 9.59 Å². The summed E-state index contributed by atoms with van der Waals surface area (Å²) in [7, 11) is 0. The van der Waals surface area contributed by atoms with Crippen molar-refractivity contribution in [2.75, 3.05) is 0 Å². The minimum Gasteiger partial charge on any atom is -0.504 e. The van der Waals surface area contributed by atoms with Crippen LogP contribution in [0, 0.1) is 5.82 Å². The highest BCUT2D eigenvalue weighted by Gasteiger charge is 2.33. The first-order chi connectivity index (χ1) is 13.0. The van der Waals surface area contributed by atoms with E-state index in [0.29, 0.717) is 0 Å². The van der Waals surface area contributed by atoms with E-state index in [1.165, 1.54) is 36.4 Å². The van der Waals surface area contributed by atoms with Gasteiger partial charge in [-0.2, -0.15) is 0 Å². The van der Waals surface area contributed by atoms with E-state index in [1.54, 1.807) is 12.1 Å². The molecule has 0 fully saturated rings. The van der Waals surface area contributed by atoms with Crippen LogP contribution in [0.25, 0.3) is 0 Å². The third-order valence-corrected chi connectivity index (χ3v) is 4.31. The summed E-state index contributed by atoms with van der Waals surface area (Å²) in [5.41, 5.74) is 0.333. The molecule has 1 N–H and O–H groups in total. The molecule has 0 unspecified atom stereocenters. The highest BCUT2D eigenvalue weighted by atomic mass is 19.1. The molecule has 3 aromatic carbocycles. The lowest BCUT2D eigenvalue weighted by Crippen LogP contribution is -2.21. The van der Waals surface area contributed by atoms with Crippen LogP contribution in [0.1, 0.15) is 42.2 Å². The van der Waals surface area contributed by atoms with Gasteiger partial charge in [0.15, 0.2) is 23.1 Å². The van der Waals surface area contributed by atoms with Gasteiger partial charge in [0.2, 0.25) is 0 Å². The molecule has 5 nitrogen and oxygen atoms in total. The Kier molecular flexibility index (Phi) is 3.81. The van der Waals surface area contributed by atoms with Crippen LogP contribution in [-0.2, 0) is 0 Å². The molecule has 27 heavy (non-hydrogen) atoms. The summed E-state index contributed by atoms with van der Waals surface area (Å²) in [5.74, 6) is -3.12. The molecular weight excluding hydrogens is 351 g/mol. The Morgan fingerprint density at radius 2 is 1.44 bits per heavy atom. The van der Waals surface area contributed by atoms with Crippen LogP contribution >= 0.6 is 0 Å². The molecule has 1 aliphatic rings. The predicted octanol–water partition coefficient (Wildman–Crippen LogP) is 3.53. The predicted molar refractivity (Wildman–Crippen MR) is 92.8 cm³/mol. The number of ketones is 2. The SMILES string of the molecule is O=C(Oc1ccc2c(c1O)C(=O)c1ccccc1C2=O)c1ccc(F)cc1. The number of benzene rings is 3. The smallest absolute Gasteiger partial charge is 0.343 e. The first kappa shape index (κ1) is 16.7. The molecule has 6 heteroatoms. The van der Waals surface area contributed by atoms with Gasteiger partial charge in [-0.1, -0.05) is 24.3 Å². The summed E-state index contributed by atoms with van der Waals surface area (Å²) in [6.07, 6.45) is 0. The first-order valence-electron chi connectivity index (χ1n) is 7.99. The van der Waals surface area contributed by atoms with E-state index in [0.717, 1.165) is 12.1 Å². The molecule has 0 saturated carbocycles. The van der Waals surface area contributed by atoms with Crippen molar-refractivity contribution in [2.24, 2.45) is 0 Å². The molecule has 0 aromatic heterocycles. The maximum Gasteiger partial charge on any atom is 0.343 e. The van der Waals surface area contributed by atoms with E-state index < -0.39 is 29.1 Å². The largest absolute Gasteiger partial charge is 0.504 e.